The number of pyridine rings is 1. The largest absolute Gasteiger partial charge is 0.506 e. The smallest absolute Gasteiger partial charge is 0.493 e. The summed E-state index contributed by atoms with van der Waals surface area (Å²) in [6, 6.07) is 18.6. The molecule has 0 spiro atoms. The Kier molecular flexibility index (Phi) is 6.54. The van der Waals surface area contributed by atoms with E-state index in [1.807, 2.05) is 6.07 Å². The number of benzene rings is 3. The SMILES string of the molecule is O=C(O)OC1CCOc2cc(Oc3ccc(C(=O)Nc4ccc5c(Cl)cccc5n4)cc3)c(Cl)cc21. The van der Waals surface area contributed by atoms with Crippen LogP contribution in [0.25, 0.3) is 10.9 Å². The van der Waals surface area contributed by atoms with Gasteiger partial charge in [0.05, 0.1) is 17.1 Å². The molecule has 0 saturated carbocycles. The first kappa shape index (κ1) is 23.7. The summed E-state index contributed by atoms with van der Waals surface area (Å²) in [6.45, 7) is 0.301. The van der Waals surface area contributed by atoms with E-state index in [0.29, 0.717) is 57.8 Å². The minimum Gasteiger partial charge on any atom is -0.493 e. The normalized spacial score (nSPS) is 14.4. The maximum atomic E-state index is 12.7. The van der Waals surface area contributed by atoms with E-state index in [2.05, 4.69) is 10.3 Å². The van der Waals surface area contributed by atoms with Crippen molar-refractivity contribution < 1.29 is 28.9 Å². The van der Waals surface area contributed by atoms with Gasteiger partial charge in [-0.25, -0.2) is 9.78 Å². The first-order chi connectivity index (χ1) is 17.4. The van der Waals surface area contributed by atoms with Crippen LogP contribution in [0.5, 0.6) is 17.2 Å². The minimum absolute atomic E-state index is 0.266. The number of carboxylic acid groups (broad SMARTS) is 1. The van der Waals surface area contributed by atoms with Gasteiger partial charge in [0.1, 0.15) is 29.2 Å². The molecule has 1 amide bonds. The third kappa shape index (κ3) is 5.00. The van der Waals surface area contributed by atoms with Crippen molar-refractivity contribution in [3.63, 3.8) is 0 Å². The van der Waals surface area contributed by atoms with Gasteiger partial charge >= 0.3 is 6.16 Å². The summed E-state index contributed by atoms with van der Waals surface area (Å²) in [5, 5.41) is 13.4. The van der Waals surface area contributed by atoms with E-state index in [9.17, 15) is 9.59 Å². The second-order valence-electron chi connectivity index (χ2n) is 7.91. The molecule has 1 unspecified atom stereocenters. The van der Waals surface area contributed by atoms with Gasteiger partial charge in [-0.1, -0.05) is 29.3 Å². The molecule has 4 aromatic rings. The van der Waals surface area contributed by atoms with E-state index in [1.165, 1.54) is 0 Å². The Hall–Kier alpha value is -4.01. The van der Waals surface area contributed by atoms with Crippen LogP contribution in [0, 0.1) is 0 Å². The molecule has 5 rings (SSSR count). The van der Waals surface area contributed by atoms with Crippen LogP contribution in [-0.4, -0.2) is 28.8 Å². The maximum Gasteiger partial charge on any atom is 0.506 e. The minimum atomic E-state index is -1.37. The van der Waals surface area contributed by atoms with E-state index >= 15 is 0 Å². The summed E-state index contributed by atoms with van der Waals surface area (Å²) < 4.78 is 16.4. The molecule has 0 bridgehead atoms. The lowest BCUT2D eigenvalue weighted by Crippen LogP contribution is -2.18. The lowest BCUT2D eigenvalue weighted by molar-refractivity contribution is 0.0326. The number of rotatable bonds is 5. The van der Waals surface area contributed by atoms with Gasteiger partial charge in [0, 0.05) is 34.0 Å². The van der Waals surface area contributed by atoms with Crippen molar-refractivity contribution in [3.05, 3.63) is 87.9 Å². The molecule has 36 heavy (non-hydrogen) atoms. The van der Waals surface area contributed by atoms with Crippen molar-refractivity contribution in [2.24, 2.45) is 0 Å². The number of aromatic nitrogens is 1. The number of halogens is 2. The second kappa shape index (κ2) is 9.93. The molecule has 1 aliphatic rings. The number of carbonyl (C=O) groups excluding carboxylic acids is 1. The highest BCUT2D eigenvalue weighted by Gasteiger charge is 2.27. The lowest BCUT2D eigenvalue weighted by Gasteiger charge is -2.25. The Labute approximate surface area is 215 Å². The standard InChI is InChI=1S/C26H18Cl2N2O6/c27-18-2-1-3-20-16(18)8-9-24(29-20)30-25(31)14-4-6-15(7-5-14)35-23-13-22-17(12-19(23)28)21(10-11-34-22)36-26(32)33/h1-9,12-13,21H,10-11H2,(H,32,33)(H,29,30,31). The van der Waals surface area contributed by atoms with E-state index in [-0.39, 0.29) is 10.9 Å². The summed E-state index contributed by atoms with van der Waals surface area (Å²) in [7, 11) is 0. The van der Waals surface area contributed by atoms with Crippen LogP contribution in [0.15, 0.2) is 66.7 Å². The highest BCUT2D eigenvalue weighted by Crippen LogP contribution is 2.42. The zero-order valence-electron chi connectivity index (χ0n) is 18.5. The van der Waals surface area contributed by atoms with Gasteiger partial charge < -0.3 is 24.6 Å². The molecule has 1 aromatic heterocycles. The van der Waals surface area contributed by atoms with Gasteiger partial charge in [-0.2, -0.15) is 0 Å². The Morgan fingerprint density at radius 1 is 1.03 bits per heavy atom. The van der Waals surface area contributed by atoms with Gasteiger partial charge in [-0.15, -0.1) is 0 Å². The molecule has 1 atom stereocenters. The molecular formula is C26H18Cl2N2O6. The quantitative estimate of drug-likeness (QED) is 0.268. The summed E-state index contributed by atoms with van der Waals surface area (Å²) in [4.78, 5) is 28.1. The second-order valence-corrected chi connectivity index (χ2v) is 8.73. The van der Waals surface area contributed by atoms with Crippen molar-refractivity contribution in [3.8, 4) is 17.2 Å². The number of ether oxygens (including phenoxy) is 3. The third-order valence-electron chi connectivity index (χ3n) is 5.56. The molecule has 0 radical (unpaired) electrons. The third-order valence-corrected chi connectivity index (χ3v) is 6.18. The number of amides is 1. The number of nitrogens with one attached hydrogen (secondary N) is 1. The molecule has 0 fully saturated rings. The van der Waals surface area contributed by atoms with Crippen LogP contribution in [0.4, 0.5) is 10.6 Å². The average molecular weight is 525 g/mol. The lowest BCUT2D eigenvalue weighted by atomic mass is 10.0. The van der Waals surface area contributed by atoms with Crippen LogP contribution < -0.4 is 14.8 Å². The van der Waals surface area contributed by atoms with Gasteiger partial charge in [-0.3, -0.25) is 4.79 Å². The van der Waals surface area contributed by atoms with Crippen molar-refractivity contribution >= 4 is 52.0 Å². The fourth-order valence-corrected chi connectivity index (χ4v) is 4.30. The van der Waals surface area contributed by atoms with Crippen molar-refractivity contribution in [2.75, 3.05) is 11.9 Å². The zero-order valence-corrected chi connectivity index (χ0v) is 20.0. The number of carbonyl (C=O) groups is 2. The highest BCUT2D eigenvalue weighted by atomic mass is 35.5. The summed E-state index contributed by atoms with van der Waals surface area (Å²) >= 11 is 12.5. The summed E-state index contributed by atoms with van der Waals surface area (Å²) in [6.07, 6.45) is -1.64. The number of fused-ring (bicyclic) bond motifs is 2. The molecule has 0 aliphatic carbocycles. The van der Waals surface area contributed by atoms with Crippen molar-refractivity contribution in [1.29, 1.82) is 0 Å². The molecule has 1 aliphatic heterocycles. The fourth-order valence-electron chi connectivity index (χ4n) is 3.86. The highest BCUT2D eigenvalue weighted by molar-refractivity contribution is 6.35. The predicted octanol–water partition coefficient (Wildman–Crippen LogP) is 7.10. The van der Waals surface area contributed by atoms with Crippen LogP contribution in [0.2, 0.25) is 10.0 Å². The van der Waals surface area contributed by atoms with Crippen LogP contribution >= 0.6 is 23.2 Å². The molecule has 10 heteroatoms. The van der Waals surface area contributed by atoms with Crippen LogP contribution in [0.3, 0.4) is 0 Å². The summed E-state index contributed by atoms with van der Waals surface area (Å²) in [5.74, 6) is 1.27. The predicted molar refractivity (Wildman–Crippen MR) is 135 cm³/mol. The molecular weight excluding hydrogens is 507 g/mol. The fraction of sp³-hybridized carbons (Fsp3) is 0.115. The molecule has 8 nitrogen and oxygen atoms in total. The monoisotopic (exact) mass is 524 g/mol. The van der Waals surface area contributed by atoms with Crippen LogP contribution in [-0.2, 0) is 4.74 Å². The molecule has 3 aromatic carbocycles. The molecule has 0 saturated heterocycles. The van der Waals surface area contributed by atoms with E-state index in [0.717, 1.165) is 5.39 Å². The maximum absolute atomic E-state index is 12.7. The first-order valence-corrected chi connectivity index (χ1v) is 11.6. The zero-order chi connectivity index (χ0) is 25.2. The number of hydrogen-bond acceptors (Lipinski definition) is 6. The first-order valence-electron chi connectivity index (χ1n) is 10.9. The van der Waals surface area contributed by atoms with Gasteiger partial charge in [0.2, 0.25) is 0 Å². The summed E-state index contributed by atoms with van der Waals surface area (Å²) in [5.41, 5.74) is 1.62. The Morgan fingerprint density at radius 3 is 2.61 bits per heavy atom. The Balaban J connectivity index is 1.29. The number of hydrogen-bond donors (Lipinski definition) is 2. The van der Waals surface area contributed by atoms with Gasteiger partial charge in [0.15, 0.2) is 0 Å². The number of nitrogens with zero attached hydrogens (tertiary/aromatic N) is 1. The Bertz CT molecular complexity index is 1480. The molecule has 2 N–H and O–H groups in total. The topological polar surface area (TPSA) is 107 Å². The van der Waals surface area contributed by atoms with Crippen molar-refractivity contribution in [1.82, 2.24) is 4.98 Å². The number of anilines is 1. The van der Waals surface area contributed by atoms with E-state index in [1.54, 1.807) is 60.7 Å². The van der Waals surface area contributed by atoms with E-state index in [4.69, 9.17) is 42.5 Å². The molecule has 2 heterocycles. The average Bonchev–Trinajstić information content (AvgIpc) is 2.85. The Morgan fingerprint density at radius 2 is 1.83 bits per heavy atom. The van der Waals surface area contributed by atoms with Gasteiger partial charge in [0.25, 0.3) is 5.91 Å². The van der Waals surface area contributed by atoms with Crippen molar-refractivity contribution in [2.45, 2.75) is 12.5 Å². The van der Waals surface area contributed by atoms with Gasteiger partial charge in [-0.05, 0) is 54.6 Å². The van der Waals surface area contributed by atoms with Crippen LogP contribution in [0.1, 0.15) is 28.4 Å². The van der Waals surface area contributed by atoms with E-state index < -0.39 is 12.3 Å². The molecule has 182 valence electrons.